The first-order valence-corrected chi connectivity index (χ1v) is 15.9. The third-order valence-electron chi connectivity index (χ3n) is 7.25. The van der Waals surface area contributed by atoms with Crippen molar-refractivity contribution in [2.75, 3.05) is 0 Å². The van der Waals surface area contributed by atoms with Crippen LogP contribution in [-0.4, -0.2) is 15.0 Å². The summed E-state index contributed by atoms with van der Waals surface area (Å²) >= 11 is 1.82. The van der Waals surface area contributed by atoms with Gasteiger partial charge in [0.15, 0.2) is 0 Å². The van der Waals surface area contributed by atoms with Gasteiger partial charge in [0.25, 0.3) is 0 Å². The third-order valence-corrected chi connectivity index (χ3v) is 8.46. The zero-order chi connectivity index (χ0) is 31.7. The van der Waals surface area contributed by atoms with Gasteiger partial charge >= 0.3 is 20.1 Å². The average Bonchev–Trinajstić information content (AvgIpc) is 3.49. The smallest absolute Gasteiger partial charge is 0.304 e. The number of aromatic nitrogens is 3. The molecular formula is C42H32IrN3S. The normalized spacial score (nSPS) is 10.3. The van der Waals surface area contributed by atoms with Crippen molar-refractivity contribution >= 4 is 31.5 Å². The molecule has 0 radical (unpaired) electrons. The van der Waals surface area contributed by atoms with Crippen LogP contribution in [0.15, 0.2) is 140 Å². The number of aryl methyl sites for hydroxylation is 3. The summed E-state index contributed by atoms with van der Waals surface area (Å²) in [5.74, 6) is 0. The van der Waals surface area contributed by atoms with Gasteiger partial charge in [0.1, 0.15) is 0 Å². The second-order valence-corrected chi connectivity index (χ2v) is 11.8. The molecule has 0 bridgehead atoms. The Balaban J connectivity index is 0.000000142. The molecule has 0 saturated carbocycles. The molecule has 0 aliphatic carbocycles. The maximum Gasteiger partial charge on any atom is 3.00 e. The minimum Gasteiger partial charge on any atom is -0.304 e. The van der Waals surface area contributed by atoms with Crippen LogP contribution in [0.2, 0.25) is 0 Å². The summed E-state index contributed by atoms with van der Waals surface area (Å²) in [4.78, 5) is 13.4. The molecule has 0 aliphatic heterocycles. The van der Waals surface area contributed by atoms with Gasteiger partial charge in [-0.25, -0.2) is 0 Å². The maximum atomic E-state index is 4.54. The topological polar surface area (TPSA) is 38.7 Å². The number of hydrogen-bond donors (Lipinski definition) is 0. The minimum atomic E-state index is 0. The Hall–Kier alpha value is -4.80. The van der Waals surface area contributed by atoms with Crippen LogP contribution in [0.1, 0.15) is 17.0 Å². The summed E-state index contributed by atoms with van der Waals surface area (Å²) in [6.07, 6.45) is 1.91. The van der Waals surface area contributed by atoms with Gasteiger partial charge in [0, 0.05) is 22.3 Å². The number of nitrogens with zero attached hydrogens (tertiary/aromatic N) is 3. The van der Waals surface area contributed by atoms with E-state index in [0.717, 1.165) is 45.2 Å². The summed E-state index contributed by atoms with van der Waals surface area (Å²) in [6.45, 7) is 6.04. The van der Waals surface area contributed by atoms with E-state index in [9.17, 15) is 0 Å². The van der Waals surface area contributed by atoms with Crippen LogP contribution >= 0.6 is 11.3 Å². The SMILES string of the molecule is Cc1ccc(-c2[c-]ccc3c2sc2ccccc23)nc1.Cc1cccc(-c2[c-]cccc2)n1.Cc1cccc(-c2[c-]cccc2)n1.[Ir+3]. The molecule has 0 unspecified atom stereocenters. The maximum absolute atomic E-state index is 4.54. The van der Waals surface area contributed by atoms with E-state index in [2.05, 4.69) is 82.5 Å². The van der Waals surface area contributed by atoms with E-state index in [1.807, 2.05) is 122 Å². The molecule has 0 aliphatic rings. The molecule has 0 spiro atoms. The predicted molar refractivity (Wildman–Crippen MR) is 193 cm³/mol. The van der Waals surface area contributed by atoms with Gasteiger partial charge in [-0.2, -0.15) is 11.3 Å². The van der Waals surface area contributed by atoms with E-state index in [1.165, 1.54) is 25.7 Å². The quantitative estimate of drug-likeness (QED) is 0.167. The zero-order valence-electron chi connectivity index (χ0n) is 26.4. The molecule has 0 amide bonds. The monoisotopic (exact) mass is 803 g/mol. The number of fused-ring (bicyclic) bond motifs is 3. The molecule has 0 saturated heterocycles. The van der Waals surface area contributed by atoms with Crippen LogP contribution < -0.4 is 0 Å². The van der Waals surface area contributed by atoms with E-state index in [1.54, 1.807) is 0 Å². The van der Waals surface area contributed by atoms with Gasteiger partial charge in [-0.05, 0) is 71.7 Å². The summed E-state index contributed by atoms with van der Waals surface area (Å²) < 4.78 is 2.58. The second-order valence-electron chi connectivity index (χ2n) is 10.8. The molecule has 0 fully saturated rings. The van der Waals surface area contributed by atoms with Crippen molar-refractivity contribution in [3.8, 4) is 33.8 Å². The first kappa shape index (κ1) is 33.6. The summed E-state index contributed by atoms with van der Waals surface area (Å²) in [7, 11) is 0. The molecule has 5 heteroatoms. The van der Waals surface area contributed by atoms with Crippen molar-refractivity contribution < 1.29 is 20.1 Å². The van der Waals surface area contributed by atoms with Crippen molar-refractivity contribution in [3.05, 3.63) is 175 Å². The van der Waals surface area contributed by atoms with Crippen molar-refractivity contribution in [2.24, 2.45) is 0 Å². The van der Waals surface area contributed by atoms with Crippen LogP contribution in [0.25, 0.3) is 53.9 Å². The Morgan fingerprint density at radius 1 is 0.511 bits per heavy atom. The molecule has 0 N–H and O–H groups in total. The second kappa shape index (κ2) is 16.2. The molecule has 4 heterocycles. The van der Waals surface area contributed by atoms with E-state index in [0.29, 0.717) is 0 Å². The first-order chi connectivity index (χ1) is 22.5. The fourth-order valence-corrected chi connectivity index (χ4v) is 6.20. The fraction of sp³-hybridized carbons (Fsp3) is 0.0714. The van der Waals surface area contributed by atoms with Gasteiger partial charge in [0.05, 0.1) is 0 Å². The van der Waals surface area contributed by atoms with E-state index in [-0.39, 0.29) is 20.1 Å². The molecule has 47 heavy (non-hydrogen) atoms. The van der Waals surface area contributed by atoms with Crippen molar-refractivity contribution in [1.82, 2.24) is 15.0 Å². The molecular weight excluding hydrogens is 771 g/mol. The minimum absolute atomic E-state index is 0. The number of hydrogen-bond acceptors (Lipinski definition) is 4. The molecule has 0 atom stereocenters. The Morgan fingerprint density at radius 2 is 1.13 bits per heavy atom. The number of pyridine rings is 3. The van der Waals surface area contributed by atoms with Gasteiger partial charge in [-0.3, -0.25) is 0 Å². The van der Waals surface area contributed by atoms with Gasteiger partial charge in [0.2, 0.25) is 0 Å². The largest absolute Gasteiger partial charge is 3.00 e. The average molecular weight is 803 g/mol. The van der Waals surface area contributed by atoms with Gasteiger partial charge in [-0.15, -0.1) is 95.6 Å². The molecule has 4 aromatic carbocycles. The van der Waals surface area contributed by atoms with Gasteiger partial charge in [-0.1, -0.05) is 60.0 Å². The van der Waals surface area contributed by atoms with Crippen molar-refractivity contribution in [2.45, 2.75) is 20.8 Å². The van der Waals surface area contributed by atoms with E-state index >= 15 is 0 Å². The molecule has 3 nitrogen and oxygen atoms in total. The van der Waals surface area contributed by atoms with Crippen LogP contribution in [0.4, 0.5) is 0 Å². The Kier molecular flexibility index (Phi) is 11.5. The van der Waals surface area contributed by atoms with Crippen LogP contribution in [-0.2, 0) is 20.1 Å². The zero-order valence-corrected chi connectivity index (χ0v) is 29.6. The number of benzene rings is 4. The summed E-state index contributed by atoms with van der Waals surface area (Å²) in [5, 5.41) is 2.61. The van der Waals surface area contributed by atoms with Crippen LogP contribution in [0.3, 0.4) is 0 Å². The van der Waals surface area contributed by atoms with E-state index in [4.69, 9.17) is 0 Å². The third kappa shape index (κ3) is 8.52. The molecule has 4 aromatic heterocycles. The van der Waals surface area contributed by atoms with Gasteiger partial charge < -0.3 is 15.0 Å². The van der Waals surface area contributed by atoms with Crippen molar-refractivity contribution in [1.29, 1.82) is 0 Å². The summed E-state index contributed by atoms with van der Waals surface area (Å²) in [5.41, 5.74) is 9.41. The Bertz CT molecular complexity index is 2100. The first-order valence-electron chi connectivity index (χ1n) is 15.1. The Labute approximate surface area is 294 Å². The summed E-state index contributed by atoms with van der Waals surface area (Å²) in [6, 6.07) is 54.3. The Morgan fingerprint density at radius 3 is 1.68 bits per heavy atom. The number of rotatable bonds is 3. The molecule has 8 aromatic rings. The number of thiophene rings is 1. The van der Waals surface area contributed by atoms with Crippen molar-refractivity contribution in [3.63, 3.8) is 0 Å². The molecule has 230 valence electrons. The van der Waals surface area contributed by atoms with Crippen LogP contribution in [0, 0.1) is 39.0 Å². The standard InChI is InChI=1S/C18H12NS.2C12H10N.Ir/c1-12-9-10-16(19-11-12)15-7-4-6-14-13-5-2-3-8-17(13)20-18(14)15;2*1-10-6-5-9-12(13-10)11-7-3-2-4-8-11;/h2-6,8-11H,1H3;2*2-7,9H,1H3;/q3*-1;+3. The van der Waals surface area contributed by atoms with Crippen LogP contribution in [0.5, 0.6) is 0 Å². The van der Waals surface area contributed by atoms with E-state index < -0.39 is 0 Å². The molecule has 8 rings (SSSR count). The fourth-order valence-electron chi connectivity index (χ4n) is 4.99. The predicted octanol–water partition coefficient (Wildman–Crippen LogP) is 10.9.